The van der Waals surface area contributed by atoms with Crippen molar-refractivity contribution < 1.29 is 23.8 Å². The predicted molar refractivity (Wildman–Crippen MR) is 114 cm³/mol. The van der Waals surface area contributed by atoms with Crippen molar-refractivity contribution in [3.8, 4) is 11.5 Å². The summed E-state index contributed by atoms with van der Waals surface area (Å²) in [7, 11) is 0. The van der Waals surface area contributed by atoms with E-state index >= 15 is 0 Å². The zero-order chi connectivity index (χ0) is 21.2. The summed E-state index contributed by atoms with van der Waals surface area (Å²) < 4.78 is 16.0. The molecule has 1 amide bonds. The van der Waals surface area contributed by atoms with E-state index in [1.165, 1.54) is 6.08 Å². The van der Waals surface area contributed by atoms with E-state index in [-0.39, 0.29) is 0 Å². The first-order valence-corrected chi connectivity index (χ1v) is 9.61. The molecule has 2 aromatic carbocycles. The van der Waals surface area contributed by atoms with Gasteiger partial charge >= 0.3 is 5.97 Å². The summed E-state index contributed by atoms with van der Waals surface area (Å²) in [4.78, 5) is 23.9. The molecule has 0 spiro atoms. The molecule has 0 saturated heterocycles. The fourth-order valence-electron chi connectivity index (χ4n) is 2.47. The summed E-state index contributed by atoms with van der Waals surface area (Å²) in [5.74, 6) is 0.183. The van der Waals surface area contributed by atoms with E-state index in [0.29, 0.717) is 35.4 Å². The van der Waals surface area contributed by atoms with E-state index in [4.69, 9.17) is 25.8 Å². The van der Waals surface area contributed by atoms with Crippen LogP contribution in [0.1, 0.15) is 25.0 Å². The fraction of sp³-hybridized carbons (Fsp3) is 0.273. The molecule has 0 aromatic heterocycles. The third kappa shape index (κ3) is 7.16. The van der Waals surface area contributed by atoms with Crippen molar-refractivity contribution in [2.45, 2.75) is 20.8 Å². The van der Waals surface area contributed by atoms with Crippen molar-refractivity contribution in [3.05, 3.63) is 58.6 Å². The summed E-state index contributed by atoms with van der Waals surface area (Å²) >= 11 is 5.89. The standard InChI is InChI=1S/C22H24ClNO5/c1-4-27-19-10-6-16(13-20(19)28-5-2)7-11-22(26)29-14-21(25)24-18-9-8-17(23)12-15(18)3/h6-13H,4-5,14H2,1-3H3,(H,24,25)/b11-7+. The highest BCUT2D eigenvalue weighted by Crippen LogP contribution is 2.29. The molecule has 154 valence electrons. The monoisotopic (exact) mass is 417 g/mol. The third-order valence-corrected chi connectivity index (χ3v) is 4.02. The minimum Gasteiger partial charge on any atom is -0.490 e. The van der Waals surface area contributed by atoms with Crippen molar-refractivity contribution >= 4 is 35.2 Å². The lowest BCUT2D eigenvalue weighted by molar-refractivity contribution is -0.142. The number of hydrogen-bond donors (Lipinski definition) is 1. The van der Waals surface area contributed by atoms with Gasteiger partial charge in [0.15, 0.2) is 18.1 Å². The normalized spacial score (nSPS) is 10.6. The van der Waals surface area contributed by atoms with Crippen LogP contribution in [-0.4, -0.2) is 31.7 Å². The fourth-order valence-corrected chi connectivity index (χ4v) is 2.70. The summed E-state index contributed by atoms with van der Waals surface area (Å²) in [5, 5.41) is 3.26. The van der Waals surface area contributed by atoms with Crippen LogP contribution in [0.5, 0.6) is 11.5 Å². The summed E-state index contributed by atoms with van der Waals surface area (Å²) in [6.07, 6.45) is 2.84. The zero-order valence-corrected chi connectivity index (χ0v) is 17.4. The molecule has 0 aliphatic rings. The molecule has 0 fully saturated rings. The minimum atomic E-state index is -0.625. The van der Waals surface area contributed by atoms with Crippen molar-refractivity contribution in [1.82, 2.24) is 0 Å². The molecule has 0 unspecified atom stereocenters. The maximum Gasteiger partial charge on any atom is 0.331 e. The Kier molecular flexibility index (Phi) is 8.55. The average molecular weight is 418 g/mol. The zero-order valence-electron chi connectivity index (χ0n) is 16.7. The molecule has 0 heterocycles. The molecule has 0 saturated carbocycles. The van der Waals surface area contributed by atoms with Crippen molar-refractivity contribution in [3.63, 3.8) is 0 Å². The van der Waals surface area contributed by atoms with Crippen molar-refractivity contribution in [2.75, 3.05) is 25.1 Å². The smallest absolute Gasteiger partial charge is 0.331 e. The first-order chi connectivity index (χ1) is 13.9. The lowest BCUT2D eigenvalue weighted by Gasteiger charge is -2.11. The van der Waals surface area contributed by atoms with Crippen molar-refractivity contribution in [2.24, 2.45) is 0 Å². The van der Waals surface area contributed by atoms with E-state index in [1.54, 1.807) is 42.5 Å². The molecule has 0 atom stereocenters. The number of benzene rings is 2. The SMILES string of the molecule is CCOc1ccc(/C=C/C(=O)OCC(=O)Nc2ccc(Cl)cc2C)cc1OCC. The van der Waals surface area contributed by atoms with Crippen LogP contribution in [0.25, 0.3) is 6.08 Å². The molecule has 2 rings (SSSR count). The van der Waals surface area contributed by atoms with Gasteiger partial charge in [0.25, 0.3) is 5.91 Å². The predicted octanol–water partition coefficient (Wildman–Crippen LogP) is 4.64. The molecule has 2 aromatic rings. The van der Waals surface area contributed by atoms with Gasteiger partial charge in [0, 0.05) is 16.8 Å². The van der Waals surface area contributed by atoms with E-state index in [0.717, 1.165) is 11.1 Å². The Morgan fingerprint density at radius 1 is 1.03 bits per heavy atom. The Labute approximate surface area is 175 Å². The third-order valence-electron chi connectivity index (χ3n) is 3.79. The number of ether oxygens (including phenoxy) is 3. The maximum absolute atomic E-state index is 12.0. The van der Waals surface area contributed by atoms with Crippen LogP contribution < -0.4 is 14.8 Å². The second-order valence-electron chi connectivity index (χ2n) is 6.02. The number of aryl methyl sites for hydroxylation is 1. The van der Waals surface area contributed by atoms with Gasteiger partial charge in [0.05, 0.1) is 13.2 Å². The number of amides is 1. The number of esters is 1. The van der Waals surface area contributed by atoms with E-state index in [1.807, 2.05) is 20.8 Å². The minimum absolute atomic E-state index is 0.390. The molecular weight excluding hydrogens is 394 g/mol. The Hall–Kier alpha value is -2.99. The number of rotatable bonds is 9. The van der Waals surface area contributed by atoms with Crippen LogP contribution in [0.4, 0.5) is 5.69 Å². The number of anilines is 1. The van der Waals surface area contributed by atoms with Crippen LogP contribution in [-0.2, 0) is 14.3 Å². The van der Waals surface area contributed by atoms with E-state index in [9.17, 15) is 9.59 Å². The first-order valence-electron chi connectivity index (χ1n) is 9.23. The molecule has 1 N–H and O–H groups in total. The van der Waals surface area contributed by atoms with Gasteiger partial charge in [-0.25, -0.2) is 4.79 Å². The number of halogens is 1. The lowest BCUT2D eigenvalue weighted by atomic mass is 10.2. The largest absolute Gasteiger partial charge is 0.490 e. The molecule has 0 aliphatic carbocycles. The van der Waals surface area contributed by atoms with Crippen LogP contribution in [0.15, 0.2) is 42.5 Å². The number of carbonyl (C=O) groups is 2. The quantitative estimate of drug-likeness (QED) is 0.475. The Morgan fingerprint density at radius 3 is 2.45 bits per heavy atom. The molecular formula is C22H24ClNO5. The second kappa shape index (κ2) is 11.1. The maximum atomic E-state index is 12.0. The van der Waals surface area contributed by atoms with Gasteiger partial charge in [-0.1, -0.05) is 17.7 Å². The van der Waals surface area contributed by atoms with Crippen LogP contribution in [0, 0.1) is 6.92 Å². The van der Waals surface area contributed by atoms with Crippen LogP contribution >= 0.6 is 11.6 Å². The molecule has 29 heavy (non-hydrogen) atoms. The van der Waals surface area contributed by atoms with E-state index < -0.39 is 18.5 Å². The Balaban J connectivity index is 1.90. The highest BCUT2D eigenvalue weighted by atomic mass is 35.5. The van der Waals surface area contributed by atoms with Gasteiger partial charge in [-0.2, -0.15) is 0 Å². The summed E-state index contributed by atoms with van der Waals surface area (Å²) in [6, 6.07) is 10.5. The van der Waals surface area contributed by atoms with E-state index in [2.05, 4.69) is 5.32 Å². The van der Waals surface area contributed by atoms with Crippen LogP contribution in [0.3, 0.4) is 0 Å². The topological polar surface area (TPSA) is 73.9 Å². The molecule has 6 nitrogen and oxygen atoms in total. The average Bonchev–Trinajstić information content (AvgIpc) is 2.69. The Bertz CT molecular complexity index is 895. The molecule has 7 heteroatoms. The molecule has 0 bridgehead atoms. The summed E-state index contributed by atoms with van der Waals surface area (Å²) in [5.41, 5.74) is 2.18. The van der Waals surface area contributed by atoms with Gasteiger partial charge in [0.2, 0.25) is 0 Å². The van der Waals surface area contributed by atoms with Gasteiger partial charge in [-0.15, -0.1) is 0 Å². The number of carbonyl (C=O) groups excluding carboxylic acids is 2. The Morgan fingerprint density at radius 2 is 1.76 bits per heavy atom. The van der Waals surface area contributed by atoms with Gasteiger partial charge in [-0.05, 0) is 68.3 Å². The molecule has 0 aliphatic heterocycles. The number of hydrogen-bond acceptors (Lipinski definition) is 5. The number of nitrogens with one attached hydrogen (secondary N) is 1. The summed E-state index contributed by atoms with van der Waals surface area (Å²) in [6.45, 7) is 6.23. The van der Waals surface area contributed by atoms with Gasteiger partial charge in [-0.3, -0.25) is 4.79 Å². The molecule has 0 radical (unpaired) electrons. The highest BCUT2D eigenvalue weighted by molar-refractivity contribution is 6.30. The highest BCUT2D eigenvalue weighted by Gasteiger charge is 2.08. The second-order valence-corrected chi connectivity index (χ2v) is 6.46. The van der Waals surface area contributed by atoms with Crippen LogP contribution in [0.2, 0.25) is 5.02 Å². The van der Waals surface area contributed by atoms with Crippen molar-refractivity contribution in [1.29, 1.82) is 0 Å². The lowest BCUT2D eigenvalue weighted by Crippen LogP contribution is -2.20. The first kappa shape index (κ1) is 22.3. The van der Waals surface area contributed by atoms with Gasteiger partial charge < -0.3 is 19.5 Å². The van der Waals surface area contributed by atoms with Gasteiger partial charge in [0.1, 0.15) is 0 Å².